The number of likely N-dealkylation sites (N-methyl/N-ethyl adjacent to an activating group) is 1. The molecule has 3 nitrogen and oxygen atoms in total. The molecule has 1 aromatic rings. The summed E-state index contributed by atoms with van der Waals surface area (Å²) in [6.45, 7) is 3.58. The average molecular weight is 316 g/mol. The summed E-state index contributed by atoms with van der Waals surface area (Å²) in [5, 5.41) is 3.33. The van der Waals surface area contributed by atoms with Crippen molar-refractivity contribution in [2.24, 2.45) is 0 Å². The van der Waals surface area contributed by atoms with Crippen LogP contribution in [0.25, 0.3) is 0 Å². The highest BCUT2D eigenvalue weighted by atomic mass is 79.9. The van der Waals surface area contributed by atoms with Gasteiger partial charge in [-0.1, -0.05) is 15.9 Å². The molecule has 0 aliphatic rings. The van der Waals surface area contributed by atoms with Gasteiger partial charge in [0.25, 0.3) is 0 Å². The molecular formula is C14H22BrNO2. The van der Waals surface area contributed by atoms with Crippen LogP contribution < -0.4 is 10.1 Å². The van der Waals surface area contributed by atoms with Crippen LogP contribution in [0.4, 0.5) is 0 Å². The van der Waals surface area contributed by atoms with Crippen molar-refractivity contribution in [3.63, 3.8) is 0 Å². The van der Waals surface area contributed by atoms with Gasteiger partial charge in [-0.05, 0) is 50.6 Å². The minimum Gasteiger partial charge on any atom is -0.496 e. The number of rotatable bonds is 8. The summed E-state index contributed by atoms with van der Waals surface area (Å²) in [5.74, 6) is 0.940. The van der Waals surface area contributed by atoms with E-state index in [0.29, 0.717) is 6.04 Å². The zero-order chi connectivity index (χ0) is 13.4. The zero-order valence-corrected chi connectivity index (χ0v) is 12.9. The maximum atomic E-state index is 5.40. The van der Waals surface area contributed by atoms with Crippen molar-refractivity contribution in [2.45, 2.75) is 25.8 Å². The zero-order valence-electron chi connectivity index (χ0n) is 11.3. The molecule has 0 saturated heterocycles. The van der Waals surface area contributed by atoms with Gasteiger partial charge in [-0.25, -0.2) is 0 Å². The van der Waals surface area contributed by atoms with Gasteiger partial charge in [-0.2, -0.15) is 0 Å². The molecule has 0 aliphatic carbocycles. The van der Waals surface area contributed by atoms with E-state index in [1.165, 1.54) is 5.56 Å². The molecule has 0 spiro atoms. The molecule has 0 aromatic heterocycles. The SMILES string of the molecule is CCOCCC(Cc1cc(Br)ccc1OC)NC. The first kappa shape index (κ1) is 15.5. The number of hydrogen-bond acceptors (Lipinski definition) is 3. The van der Waals surface area contributed by atoms with Gasteiger partial charge < -0.3 is 14.8 Å². The Bertz CT molecular complexity index is 358. The number of benzene rings is 1. The lowest BCUT2D eigenvalue weighted by Crippen LogP contribution is -2.29. The molecule has 0 heterocycles. The summed E-state index contributed by atoms with van der Waals surface area (Å²) in [5.41, 5.74) is 1.21. The molecule has 0 aliphatic heterocycles. The van der Waals surface area contributed by atoms with Gasteiger partial charge in [-0.3, -0.25) is 0 Å². The van der Waals surface area contributed by atoms with Gasteiger partial charge >= 0.3 is 0 Å². The normalized spacial score (nSPS) is 12.4. The topological polar surface area (TPSA) is 30.5 Å². The molecule has 1 rings (SSSR count). The highest BCUT2D eigenvalue weighted by Crippen LogP contribution is 2.24. The van der Waals surface area contributed by atoms with Gasteiger partial charge in [0.05, 0.1) is 7.11 Å². The highest BCUT2D eigenvalue weighted by molar-refractivity contribution is 9.10. The summed E-state index contributed by atoms with van der Waals surface area (Å²) in [4.78, 5) is 0. The van der Waals surface area contributed by atoms with E-state index < -0.39 is 0 Å². The lowest BCUT2D eigenvalue weighted by molar-refractivity contribution is 0.137. The van der Waals surface area contributed by atoms with Crippen LogP contribution in [0, 0.1) is 0 Å². The standard InChI is InChI=1S/C14H22BrNO2/c1-4-18-8-7-13(16-2)10-11-9-12(15)5-6-14(11)17-3/h5-6,9,13,16H,4,7-8,10H2,1-3H3. The van der Waals surface area contributed by atoms with Crippen LogP contribution in [-0.2, 0) is 11.2 Å². The van der Waals surface area contributed by atoms with E-state index in [1.54, 1.807) is 7.11 Å². The van der Waals surface area contributed by atoms with Crippen LogP contribution in [-0.4, -0.2) is 33.4 Å². The van der Waals surface area contributed by atoms with Crippen molar-refractivity contribution in [2.75, 3.05) is 27.4 Å². The van der Waals surface area contributed by atoms with Crippen LogP contribution >= 0.6 is 15.9 Å². The van der Waals surface area contributed by atoms with Gasteiger partial charge in [0, 0.05) is 23.7 Å². The Morgan fingerprint density at radius 3 is 2.78 bits per heavy atom. The van der Waals surface area contributed by atoms with Crippen LogP contribution in [0.1, 0.15) is 18.9 Å². The molecule has 102 valence electrons. The van der Waals surface area contributed by atoms with Crippen LogP contribution in [0.15, 0.2) is 22.7 Å². The minimum absolute atomic E-state index is 0.403. The Morgan fingerprint density at radius 1 is 1.39 bits per heavy atom. The van der Waals surface area contributed by atoms with E-state index >= 15 is 0 Å². The van der Waals surface area contributed by atoms with Gasteiger partial charge in [-0.15, -0.1) is 0 Å². The Hall–Kier alpha value is -0.580. The fraction of sp³-hybridized carbons (Fsp3) is 0.571. The average Bonchev–Trinajstić information content (AvgIpc) is 2.38. The van der Waals surface area contributed by atoms with E-state index in [-0.39, 0.29) is 0 Å². The van der Waals surface area contributed by atoms with Crippen LogP contribution in [0.3, 0.4) is 0 Å². The molecular weight excluding hydrogens is 294 g/mol. The molecule has 0 radical (unpaired) electrons. The predicted molar refractivity (Wildman–Crippen MR) is 78.4 cm³/mol. The molecule has 0 fully saturated rings. The molecule has 0 amide bonds. The highest BCUT2D eigenvalue weighted by Gasteiger charge is 2.11. The largest absolute Gasteiger partial charge is 0.496 e. The Morgan fingerprint density at radius 2 is 2.17 bits per heavy atom. The number of hydrogen-bond donors (Lipinski definition) is 1. The predicted octanol–water partition coefficient (Wildman–Crippen LogP) is 3.01. The van der Waals surface area contributed by atoms with Crippen molar-refractivity contribution in [3.8, 4) is 5.75 Å². The van der Waals surface area contributed by atoms with E-state index in [1.807, 2.05) is 26.1 Å². The Kier molecular flexibility index (Phi) is 7.32. The van der Waals surface area contributed by atoms with Crippen LogP contribution in [0.5, 0.6) is 5.75 Å². The first-order valence-corrected chi connectivity index (χ1v) is 7.08. The first-order chi connectivity index (χ1) is 8.71. The number of methoxy groups -OCH3 is 1. The van der Waals surface area contributed by atoms with E-state index in [0.717, 1.165) is 36.3 Å². The molecule has 0 saturated carbocycles. The Balaban J connectivity index is 2.65. The maximum absolute atomic E-state index is 5.40. The summed E-state index contributed by atoms with van der Waals surface area (Å²) >= 11 is 3.50. The molecule has 4 heteroatoms. The second kappa shape index (κ2) is 8.51. The van der Waals surface area contributed by atoms with Crippen molar-refractivity contribution >= 4 is 15.9 Å². The van der Waals surface area contributed by atoms with E-state index in [9.17, 15) is 0 Å². The second-order valence-electron chi connectivity index (χ2n) is 4.13. The summed E-state index contributed by atoms with van der Waals surface area (Å²) in [6, 6.07) is 6.51. The molecule has 1 unspecified atom stereocenters. The minimum atomic E-state index is 0.403. The summed E-state index contributed by atoms with van der Waals surface area (Å²) in [6.07, 6.45) is 1.94. The van der Waals surface area contributed by atoms with Gasteiger partial charge in [0.15, 0.2) is 0 Å². The third-order valence-corrected chi connectivity index (χ3v) is 3.43. The van der Waals surface area contributed by atoms with Crippen molar-refractivity contribution in [3.05, 3.63) is 28.2 Å². The molecule has 18 heavy (non-hydrogen) atoms. The second-order valence-corrected chi connectivity index (χ2v) is 5.05. The van der Waals surface area contributed by atoms with Crippen LogP contribution in [0.2, 0.25) is 0 Å². The van der Waals surface area contributed by atoms with Crippen molar-refractivity contribution in [1.82, 2.24) is 5.32 Å². The third-order valence-electron chi connectivity index (χ3n) is 2.93. The molecule has 1 atom stereocenters. The van der Waals surface area contributed by atoms with Gasteiger partial charge in [0.1, 0.15) is 5.75 Å². The molecule has 1 N–H and O–H groups in total. The third kappa shape index (κ3) is 4.96. The lowest BCUT2D eigenvalue weighted by atomic mass is 10.0. The van der Waals surface area contributed by atoms with Gasteiger partial charge in [0.2, 0.25) is 0 Å². The number of halogens is 1. The number of nitrogens with one attached hydrogen (secondary N) is 1. The first-order valence-electron chi connectivity index (χ1n) is 6.28. The maximum Gasteiger partial charge on any atom is 0.122 e. The smallest absolute Gasteiger partial charge is 0.122 e. The number of ether oxygens (including phenoxy) is 2. The van der Waals surface area contributed by atoms with E-state index in [4.69, 9.17) is 9.47 Å². The molecule has 0 bridgehead atoms. The quantitative estimate of drug-likeness (QED) is 0.748. The van der Waals surface area contributed by atoms with Crippen molar-refractivity contribution in [1.29, 1.82) is 0 Å². The lowest BCUT2D eigenvalue weighted by Gasteiger charge is -2.18. The fourth-order valence-corrected chi connectivity index (χ4v) is 2.30. The monoisotopic (exact) mass is 315 g/mol. The summed E-state index contributed by atoms with van der Waals surface area (Å²) in [7, 11) is 3.70. The summed E-state index contributed by atoms with van der Waals surface area (Å²) < 4.78 is 11.9. The Labute approximate surface area is 118 Å². The fourth-order valence-electron chi connectivity index (χ4n) is 1.89. The van der Waals surface area contributed by atoms with E-state index in [2.05, 4.69) is 27.3 Å². The van der Waals surface area contributed by atoms with Crippen molar-refractivity contribution < 1.29 is 9.47 Å². The molecule has 1 aromatic carbocycles.